The molecule has 0 unspecified atom stereocenters. The van der Waals surface area contributed by atoms with E-state index in [4.69, 9.17) is 0 Å². The summed E-state index contributed by atoms with van der Waals surface area (Å²) < 4.78 is 13.3. The minimum atomic E-state index is -0.249. The highest BCUT2D eigenvalue weighted by atomic mass is 32.1. The van der Waals surface area contributed by atoms with Crippen LogP contribution in [-0.4, -0.2) is 29.9 Å². The summed E-state index contributed by atoms with van der Waals surface area (Å²) in [7, 11) is 0. The van der Waals surface area contributed by atoms with Crippen LogP contribution in [0.3, 0.4) is 0 Å². The zero-order chi connectivity index (χ0) is 16.4. The van der Waals surface area contributed by atoms with Crippen LogP contribution in [0.4, 0.5) is 4.39 Å². The van der Waals surface area contributed by atoms with Gasteiger partial charge in [0.1, 0.15) is 5.82 Å². The topological polar surface area (TPSA) is 36.9 Å². The molecule has 1 aromatic heterocycles. The molecule has 0 aliphatic carbocycles. The monoisotopic (exact) mass is 333 g/mol. The molecule has 5 heteroatoms. The van der Waals surface area contributed by atoms with Gasteiger partial charge in [0.05, 0.1) is 12.1 Å². The molecule has 1 aromatic carbocycles. The van der Waals surface area contributed by atoms with Gasteiger partial charge in [-0.2, -0.15) is 0 Å². The fraction of sp³-hybridized carbons (Fsp3) is 0.389. The Morgan fingerprint density at radius 1 is 1.35 bits per heavy atom. The summed E-state index contributed by atoms with van der Waals surface area (Å²) in [5.41, 5.74) is 2.16. The predicted octanol–water partition coefficient (Wildman–Crippen LogP) is 2.33. The third-order valence-corrected chi connectivity index (χ3v) is 5.23. The summed E-state index contributed by atoms with van der Waals surface area (Å²) in [6, 6.07) is 8.92. The largest absolute Gasteiger partial charge is 0.336 e. The van der Waals surface area contributed by atoms with Gasteiger partial charge in [-0.25, -0.2) is 4.39 Å². The van der Waals surface area contributed by atoms with Crippen molar-refractivity contribution in [1.82, 2.24) is 4.90 Å². The summed E-state index contributed by atoms with van der Waals surface area (Å²) in [6.07, 6.45) is 0.901. The van der Waals surface area contributed by atoms with Crippen LogP contribution in [-0.2, 0) is 11.2 Å². The number of hydrogen-bond acceptors (Lipinski definition) is 2. The number of rotatable bonds is 4. The lowest BCUT2D eigenvalue weighted by molar-refractivity contribution is -0.673. The minimum absolute atomic E-state index is 0.0985. The normalized spacial score (nSPS) is 17.4. The van der Waals surface area contributed by atoms with Gasteiger partial charge in [-0.05, 0) is 55.0 Å². The van der Waals surface area contributed by atoms with Gasteiger partial charge in [0.2, 0.25) is 0 Å². The molecule has 0 saturated heterocycles. The summed E-state index contributed by atoms with van der Waals surface area (Å²) in [5.74, 6) is -0.106. The molecule has 122 valence electrons. The summed E-state index contributed by atoms with van der Waals surface area (Å²) in [4.78, 5) is 16.0. The van der Waals surface area contributed by atoms with Crippen molar-refractivity contribution in [2.24, 2.45) is 0 Å². The molecule has 0 radical (unpaired) electrons. The van der Waals surface area contributed by atoms with E-state index >= 15 is 0 Å². The number of amides is 1. The van der Waals surface area contributed by atoms with Gasteiger partial charge in [0, 0.05) is 11.4 Å². The van der Waals surface area contributed by atoms with Gasteiger partial charge in [-0.3, -0.25) is 4.79 Å². The van der Waals surface area contributed by atoms with Crippen LogP contribution >= 0.6 is 11.3 Å². The first-order chi connectivity index (χ1) is 11.1. The van der Waals surface area contributed by atoms with Crippen molar-refractivity contribution in [3.63, 3.8) is 0 Å². The van der Waals surface area contributed by atoms with E-state index in [2.05, 4.69) is 25.3 Å². The summed E-state index contributed by atoms with van der Waals surface area (Å²) >= 11 is 1.74. The first-order valence-electron chi connectivity index (χ1n) is 8.01. The van der Waals surface area contributed by atoms with Gasteiger partial charge in [-0.15, -0.1) is 11.3 Å². The average molecular weight is 333 g/mol. The molecule has 3 rings (SSSR count). The van der Waals surface area contributed by atoms with Crippen molar-refractivity contribution < 1.29 is 14.5 Å². The molecule has 0 bridgehead atoms. The number of carbonyl (C=O) groups excluding carboxylic acids is 1. The van der Waals surface area contributed by atoms with E-state index in [0.717, 1.165) is 18.5 Å². The Hall–Kier alpha value is -1.72. The molecular weight excluding hydrogens is 311 g/mol. The highest BCUT2D eigenvalue weighted by Gasteiger charge is 2.33. The smallest absolute Gasteiger partial charge is 0.278 e. The highest BCUT2D eigenvalue weighted by Crippen LogP contribution is 2.37. The highest BCUT2D eigenvalue weighted by molar-refractivity contribution is 7.10. The molecule has 0 saturated carbocycles. The van der Waals surface area contributed by atoms with Crippen LogP contribution in [0.2, 0.25) is 0 Å². The number of halogens is 1. The van der Waals surface area contributed by atoms with Crippen LogP contribution in [0, 0.1) is 5.82 Å². The number of nitrogens with zero attached hydrogens (tertiary/aromatic N) is 1. The molecule has 0 fully saturated rings. The fourth-order valence-corrected chi connectivity index (χ4v) is 3.95. The average Bonchev–Trinajstić information content (AvgIpc) is 3.01. The van der Waals surface area contributed by atoms with Crippen LogP contribution in [0.5, 0.6) is 0 Å². The lowest BCUT2D eigenvalue weighted by Gasteiger charge is -2.36. The van der Waals surface area contributed by atoms with Crippen molar-refractivity contribution in [1.29, 1.82) is 0 Å². The standard InChI is InChI=1S/C18H21FN2OS/c1-12(2)20-11-17(22)21-9-7-16-15(8-10-23-16)18(21)13-3-5-14(19)6-4-13/h3-6,8,10,12,18,20H,7,9,11H2,1-2H3/p+1/t18-/m0/s1. The number of fused-ring (bicyclic) bond motifs is 1. The van der Waals surface area contributed by atoms with Crippen molar-refractivity contribution in [3.8, 4) is 0 Å². The molecule has 0 spiro atoms. The Bertz CT molecular complexity index is 681. The zero-order valence-corrected chi connectivity index (χ0v) is 14.3. The third kappa shape index (κ3) is 3.46. The number of carbonyl (C=O) groups is 1. The van der Waals surface area contributed by atoms with E-state index < -0.39 is 0 Å². The molecule has 2 N–H and O–H groups in total. The van der Waals surface area contributed by atoms with E-state index in [-0.39, 0.29) is 17.8 Å². The molecular formula is C18H22FN2OS+. The molecule has 1 aliphatic rings. The van der Waals surface area contributed by atoms with E-state index in [0.29, 0.717) is 12.6 Å². The van der Waals surface area contributed by atoms with Gasteiger partial charge in [0.25, 0.3) is 5.91 Å². The van der Waals surface area contributed by atoms with Crippen molar-refractivity contribution in [3.05, 3.63) is 57.5 Å². The maximum Gasteiger partial charge on any atom is 0.278 e. The SMILES string of the molecule is CC(C)[NH2+]CC(=O)N1CCc2sccc2[C@@H]1c1ccc(F)cc1. The number of benzene rings is 1. The third-order valence-electron chi connectivity index (χ3n) is 4.24. The fourth-order valence-electron chi connectivity index (χ4n) is 3.04. The van der Waals surface area contributed by atoms with E-state index in [1.54, 1.807) is 23.5 Å². The Morgan fingerprint density at radius 3 is 2.78 bits per heavy atom. The van der Waals surface area contributed by atoms with Crippen molar-refractivity contribution in [2.75, 3.05) is 13.1 Å². The molecule has 1 amide bonds. The Morgan fingerprint density at radius 2 is 2.09 bits per heavy atom. The second-order valence-electron chi connectivity index (χ2n) is 6.27. The second-order valence-corrected chi connectivity index (χ2v) is 7.27. The first kappa shape index (κ1) is 16.1. The van der Waals surface area contributed by atoms with Crippen LogP contribution < -0.4 is 5.32 Å². The number of quaternary nitrogens is 1. The van der Waals surface area contributed by atoms with Gasteiger partial charge >= 0.3 is 0 Å². The van der Waals surface area contributed by atoms with Crippen LogP contribution in [0.15, 0.2) is 35.7 Å². The molecule has 23 heavy (non-hydrogen) atoms. The summed E-state index contributed by atoms with van der Waals surface area (Å²) in [5, 5.41) is 4.13. The van der Waals surface area contributed by atoms with E-state index in [9.17, 15) is 9.18 Å². The maximum atomic E-state index is 13.3. The molecule has 1 aliphatic heterocycles. The van der Waals surface area contributed by atoms with Gasteiger partial charge < -0.3 is 10.2 Å². The summed E-state index contributed by atoms with van der Waals surface area (Å²) in [6.45, 7) is 5.34. The minimum Gasteiger partial charge on any atom is -0.336 e. The molecule has 2 heterocycles. The molecule has 3 nitrogen and oxygen atoms in total. The van der Waals surface area contributed by atoms with Crippen LogP contribution in [0.1, 0.15) is 35.9 Å². The lowest BCUT2D eigenvalue weighted by Crippen LogP contribution is -2.90. The maximum absolute atomic E-state index is 13.3. The quantitative estimate of drug-likeness (QED) is 0.916. The predicted molar refractivity (Wildman–Crippen MR) is 89.9 cm³/mol. The Kier molecular flexibility index (Phi) is 4.78. The van der Waals surface area contributed by atoms with E-state index in [1.807, 2.05) is 10.2 Å². The van der Waals surface area contributed by atoms with Crippen molar-refractivity contribution in [2.45, 2.75) is 32.4 Å². The number of hydrogen-bond donors (Lipinski definition) is 1. The number of thiophene rings is 1. The van der Waals surface area contributed by atoms with Crippen molar-refractivity contribution >= 4 is 17.2 Å². The number of nitrogens with two attached hydrogens (primary N) is 1. The van der Waals surface area contributed by atoms with Gasteiger partial charge in [-0.1, -0.05) is 12.1 Å². The second kappa shape index (κ2) is 6.81. The molecule has 1 atom stereocenters. The lowest BCUT2D eigenvalue weighted by atomic mass is 9.93. The zero-order valence-electron chi connectivity index (χ0n) is 13.5. The Balaban J connectivity index is 1.92. The Labute approximate surface area is 140 Å². The van der Waals surface area contributed by atoms with Gasteiger partial charge in [0.15, 0.2) is 6.54 Å². The van der Waals surface area contributed by atoms with Crippen LogP contribution in [0.25, 0.3) is 0 Å². The first-order valence-corrected chi connectivity index (χ1v) is 8.88. The molecule has 2 aromatic rings. The van der Waals surface area contributed by atoms with E-state index in [1.165, 1.54) is 22.6 Å².